The van der Waals surface area contributed by atoms with Crippen molar-refractivity contribution in [1.29, 1.82) is 0 Å². The molecule has 0 saturated carbocycles. The van der Waals surface area contributed by atoms with Crippen molar-refractivity contribution in [2.24, 2.45) is 0 Å². The molecule has 0 aromatic rings. The summed E-state index contributed by atoms with van der Waals surface area (Å²) < 4.78 is 4.42. The van der Waals surface area contributed by atoms with Crippen LogP contribution in [0.4, 0.5) is 0 Å². The summed E-state index contributed by atoms with van der Waals surface area (Å²) in [5, 5.41) is 3.16. The first-order valence-electron chi connectivity index (χ1n) is 3.59. The maximum absolute atomic E-state index is 11.3. The van der Waals surface area contributed by atoms with Gasteiger partial charge in [-0.15, -0.1) is 11.8 Å². The number of hydrogen-bond donors (Lipinski definition) is 1. The second-order valence-electron chi connectivity index (χ2n) is 2.62. The first-order valence-corrected chi connectivity index (χ1v) is 4.82. The quantitative estimate of drug-likeness (QED) is 0.611. The molecule has 1 heterocycles. The van der Waals surface area contributed by atoms with Crippen LogP contribution in [0.1, 0.15) is 6.42 Å². The maximum Gasteiger partial charge on any atom is 0.323 e. The Morgan fingerprint density at radius 2 is 2.45 bits per heavy atom. The van der Waals surface area contributed by atoms with Gasteiger partial charge in [-0.3, -0.25) is 4.79 Å². The molecule has 0 spiro atoms. The molecule has 0 aliphatic carbocycles. The van der Waals surface area contributed by atoms with Crippen LogP contribution < -0.4 is 5.32 Å². The van der Waals surface area contributed by atoms with E-state index in [1.165, 1.54) is 7.11 Å². The van der Waals surface area contributed by atoms with Crippen LogP contribution in [0.5, 0.6) is 0 Å². The molecule has 0 aromatic carbocycles. The second-order valence-corrected chi connectivity index (χ2v) is 3.81. The topological polar surface area (TPSA) is 38.3 Å². The number of methoxy groups -OCH3 is 1. The van der Waals surface area contributed by atoms with Gasteiger partial charge in [0.25, 0.3) is 0 Å². The summed E-state index contributed by atoms with van der Waals surface area (Å²) in [5.41, 5.74) is 0. The first-order chi connectivity index (χ1) is 5.25. The van der Waals surface area contributed by atoms with Crippen LogP contribution in [0.2, 0.25) is 0 Å². The number of ether oxygens (including phenoxy) is 1. The molecule has 0 aromatic heterocycles. The highest BCUT2D eigenvalue weighted by Gasteiger charge is 2.41. The maximum atomic E-state index is 11.3. The summed E-state index contributed by atoms with van der Waals surface area (Å²) >= 11 is 1.58. The van der Waals surface area contributed by atoms with Gasteiger partial charge in [0.05, 0.1) is 7.11 Å². The molecule has 1 N–H and O–H groups in total. The molecule has 1 rings (SSSR count). The van der Waals surface area contributed by atoms with Crippen molar-refractivity contribution >= 4 is 17.7 Å². The summed E-state index contributed by atoms with van der Waals surface area (Å²) in [6.07, 6.45) is 2.82. The van der Waals surface area contributed by atoms with Crippen molar-refractivity contribution in [2.75, 3.05) is 26.5 Å². The molecule has 64 valence electrons. The Labute approximate surface area is 70.9 Å². The molecule has 4 heteroatoms. The van der Waals surface area contributed by atoms with E-state index in [2.05, 4.69) is 5.32 Å². The molecule has 11 heavy (non-hydrogen) atoms. The van der Waals surface area contributed by atoms with E-state index in [0.717, 1.165) is 19.5 Å². The zero-order valence-corrected chi connectivity index (χ0v) is 7.66. The number of carbonyl (C=O) groups excluding carboxylic acids is 1. The Hall–Kier alpha value is -0.220. The predicted molar refractivity (Wildman–Crippen MR) is 45.7 cm³/mol. The number of esters is 1. The zero-order chi connectivity index (χ0) is 8.32. The summed E-state index contributed by atoms with van der Waals surface area (Å²) in [5.74, 6) is -0.102. The lowest BCUT2D eigenvalue weighted by Crippen LogP contribution is -2.38. The third-order valence-electron chi connectivity index (χ3n) is 2.06. The van der Waals surface area contributed by atoms with Crippen molar-refractivity contribution in [3.63, 3.8) is 0 Å². The SMILES string of the molecule is COC(=O)C1(SC)CCNC1. The Morgan fingerprint density at radius 1 is 1.73 bits per heavy atom. The van der Waals surface area contributed by atoms with Gasteiger partial charge in [0.1, 0.15) is 4.75 Å². The molecular weight excluding hydrogens is 162 g/mol. The smallest absolute Gasteiger partial charge is 0.323 e. The molecule has 3 nitrogen and oxygen atoms in total. The fourth-order valence-corrected chi connectivity index (χ4v) is 2.09. The molecule has 1 aliphatic heterocycles. The fraction of sp³-hybridized carbons (Fsp3) is 0.857. The minimum absolute atomic E-state index is 0.102. The standard InChI is InChI=1S/C7H13NO2S/c1-10-6(9)7(11-2)3-4-8-5-7/h8H,3-5H2,1-2H3. The summed E-state index contributed by atoms with van der Waals surface area (Å²) in [6.45, 7) is 1.65. The number of thioether (sulfide) groups is 1. The largest absolute Gasteiger partial charge is 0.468 e. The summed E-state index contributed by atoms with van der Waals surface area (Å²) in [7, 11) is 1.44. The number of hydrogen-bond acceptors (Lipinski definition) is 4. The van der Waals surface area contributed by atoms with Crippen LogP contribution in [-0.2, 0) is 9.53 Å². The molecule has 1 unspecified atom stereocenters. The highest BCUT2D eigenvalue weighted by Crippen LogP contribution is 2.30. The third-order valence-corrected chi connectivity index (χ3v) is 3.36. The molecule has 1 saturated heterocycles. The normalized spacial score (nSPS) is 30.4. The molecule has 0 radical (unpaired) electrons. The predicted octanol–water partition coefficient (Wildman–Crippen LogP) is 0.254. The van der Waals surface area contributed by atoms with Crippen molar-refractivity contribution in [1.82, 2.24) is 5.32 Å². The van der Waals surface area contributed by atoms with Gasteiger partial charge in [-0.2, -0.15) is 0 Å². The van der Waals surface area contributed by atoms with E-state index in [4.69, 9.17) is 4.74 Å². The summed E-state index contributed by atoms with van der Waals surface area (Å²) in [6, 6.07) is 0. The van der Waals surface area contributed by atoms with Crippen LogP contribution in [0, 0.1) is 0 Å². The van der Waals surface area contributed by atoms with Crippen LogP contribution >= 0.6 is 11.8 Å². The minimum atomic E-state index is -0.311. The number of nitrogens with one attached hydrogen (secondary N) is 1. The van der Waals surface area contributed by atoms with E-state index in [1.807, 2.05) is 6.26 Å². The highest BCUT2D eigenvalue weighted by molar-refractivity contribution is 8.00. The number of carbonyl (C=O) groups is 1. The molecule has 0 bridgehead atoms. The van der Waals surface area contributed by atoms with E-state index in [0.29, 0.717) is 0 Å². The average Bonchev–Trinajstić information content (AvgIpc) is 2.52. The van der Waals surface area contributed by atoms with Gasteiger partial charge in [0.2, 0.25) is 0 Å². The minimum Gasteiger partial charge on any atom is -0.468 e. The van der Waals surface area contributed by atoms with Crippen molar-refractivity contribution in [3.05, 3.63) is 0 Å². The Morgan fingerprint density at radius 3 is 2.82 bits per heavy atom. The van der Waals surface area contributed by atoms with Gasteiger partial charge in [-0.25, -0.2) is 0 Å². The van der Waals surface area contributed by atoms with Gasteiger partial charge >= 0.3 is 5.97 Å². The van der Waals surface area contributed by atoms with Crippen LogP contribution in [0.25, 0.3) is 0 Å². The van der Waals surface area contributed by atoms with Crippen molar-refractivity contribution < 1.29 is 9.53 Å². The van der Waals surface area contributed by atoms with E-state index in [1.54, 1.807) is 11.8 Å². The molecule has 0 amide bonds. The molecular formula is C7H13NO2S. The molecule has 1 aliphatic rings. The first kappa shape index (κ1) is 8.87. The lowest BCUT2D eigenvalue weighted by Gasteiger charge is -2.21. The van der Waals surface area contributed by atoms with Crippen LogP contribution in [-0.4, -0.2) is 37.2 Å². The zero-order valence-electron chi connectivity index (χ0n) is 6.85. The Balaban J connectivity index is 2.66. The van der Waals surface area contributed by atoms with Gasteiger partial charge in [0.15, 0.2) is 0 Å². The Bertz CT molecular complexity index is 155. The van der Waals surface area contributed by atoms with E-state index in [-0.39, 0.29) is 10.7 Å². The van der Waals surface area contributed by atoms with Crippen LogP contribution in [0.15, 0.2) is 0 Å². The molecule has 1 fully saturated rings. The summed E-state index contributed by atoms with van der Waals surface area (Å²) in [4.78, 5) is 11.3. The van der Waals surface area contributed by atoms with Gasteiger partial charge < -0.3 is 10.1 Å². The monoisotopic (exact) mass is 175 g/mol. The fourth-order valence-electron chi connectivity index (χ4n) is 1.29. The lowest BCUT2D eigenvalue weighted by atomic mass is 10.1. The second kappa shape index (κ2) is 3.45. The average molecular weight is 175 g/mol. The third kappa shape index (κ3) is 1.51. The highest BCUT2D eigenvalue weighted by atomic mass is 32.2. The van der Waals surface area contributed by atoms with E-state index in [9.17, 15) is 4.79 Å². The molecule has 1 atom stereocenters. The van der Waals surface area contributed by atoms with Crippen molar-refractivity contribution in [2.45, 2.75) is 11.2 Å². The van der Waals surface area contributed by atoms with Gasteiger partial charge in [-0.1, -0.05) is 0 Å². The Kier molecular flexibility index (Phi) is 2.78. The van der Waals surface area contributed by atoms with E-state index < -0.39 is 0 Å². The van der Waals surface area contributed by atoms with Crippen LogP contribution in [0.3, 0.4) is 0 Å². The van der Waals surface area contributed by atoms with Gasteiger partial charge in [0, 0.05) is 6.54 Å². The van der Waals surface area contributed by atoms with Gasteiger partial charge in [-0.05, 0) is 19.2 Å². The number of rotatable bonds is 2. The van der Waals surface area contributed by atoms with Crippen molar-refractivity contribution in [3.8, 4) is 0 Å². The van der Waals surface area contributed by atoms with E-state index >= 15 is 0 Å². The lowest BCUT2D eigenvalue weighted by molar-refractivity contribution is -0.142.